The predicted octanol–water partition coefficient (Wildman–Crippen LogP) is 1.59. The van der Waals surface area contributed by atoms with Gasteiger partial charge in [-0.15, -0.1) is 24.0 Å². The normalized spacial score (nSPS) is 12.5. The number of halogens is 2. The summed E-state index contributed by atoms with van der Waals surface area (Å²) in [6, 6.07) is -0.363. The van der Waals surface area contributed by atoms with Crippen LogP contribution in [0.25, 0.3) is 0 Å². The summed E-state index contributed by atoms with van der Waals surface area (Å²) in [4.78, 5) is 10.8. The molecule has 0 amide bonds. The molecule has 2 N–H and O–H groups in total. The predicted molar refractivity (Wildman–Crippen MR) is 50.4 cm³/mol. The van der Waals surface area contributed by atoms with Gasteiger partial charge in [0.05, 0.1) is 11.9 Å². The van der Waals surface area contributed by atoms with Crippen molar-refractivity contribution in [3.8, 4) is 0 Å². The first-order chi connectivity index (χ1) is 4.57. The number of hydrogen-bond donors (Lipinski definition) is 1. The van der Waals surface area contributed by atoms with Gasteiger partial charge in [0.1, 0.15) is 0 Å². The highest BCUT2D eigenvalue weighted by Gasteiger charge is 2.12. The van der Waals surface area contributed by atoms with Crippen molar-refractivity contribution in [1.29, 1.82) is 0 Å². The SMILES string of the molecule is CC(C)CC(N)C(=O)CCl.Cl. The number of rotatable bonds is 4. The lowest BCUT2D eigenvalue weighted by Gasteiger charge is -2.10. The third-order valence-electron chi connectivity index (χ3n) is 1.27. The van der Waals surface area contributed by atoms with Crippen LogP contribution in [0.2, 0.25) is 0 Å². The van der Waals surface area contributed by atoms with Gasteiger partial charge in [0.2, 0.25) is 0 Å². The Morgan fingerprint density at radius 2 is 2.00 bits per heavy atom. The Hall–Kier alpha value is 0.210. The maximum atomic E-state index is 10.8. The first-order valence-electron chi connectivity index (χ1n) is 3.42. The average Bonchev–Trinajstić information content (AvgIpc) is 1.85. The quantitative estimate of drug-likeness (QED) is 0.700. The molecule has 4 heteroatoms. The number of Topliss-reactive ketones (excluding diaryl/α,β-unsaturated/α-hetero) is 1. The molecule has 1 atom stereocenters. The number of ketones is 1. The summed E-state index contributed by atoms with van der Waals surface area (Å²) in [6.45, 7) is 4.06. The smallest absolute Gasteiger partial charge is 0.164 e. The Balaban J connectivity index is 0. The van der Waals surface area contributed by atoms with Gasteiger partial charge in [0.15, 0.2) is 5.78 Å². The number of carbonyl (C=O) groups is 1. The molecule has 0 aromatic heterocycles. The van der Waals surface area contributed by atoms with Crippen molar-refractivity contribution < 1.29 is 4.79 Å². The highest BCUT2D eigenvalue weighted by molar-refractivity contribution is 6.28. The molecular weight excluding hydrogens is 185 g/mol. The van der Waals surface area contributed by atoms with Crippen molar-refractivity contribution in [2.45, 2.75) is 26.3 Å². The lowest BCUT2D eigenvalue weighted by atomic mass is 10.0. The van der Waals surface area contributed by atoms with Gasteiger partial charge < -0.3 is 5.73 Å². The molecule has 0 saturated heterocycles. The maximum Gasteiger partial charge on any atom is 0.164 e. The van der Waals surface area contributed by atoms with E-state index in [1.807, 2.05) is 13.8 Å². The summed E-state index contributed by atoms with van der Waals surface area (Å²) < 4.78 is 0. The molecule has 0 aromatic rings. The second-order valence-electron chi connectivity index (χ2n) is 2.84. The van der Waals surface area contributed by atoms with Crippen molar-refractivity contribution in [1.82, 2.24) is 0 Å². The van der Waals surface area contributed by atoms with Crippen molar-refractivity contribution in [2.24, 2.45) is 11.7 Å². The molecule has 1 unspecified atom stereocenters. The maximum absolute atomic E-state index is 10.8. The van der Waals surface area contributed by atoms with Gasteiger partial charge in [-0.1, -0.05) is 13.8 Å². The second kappa shape index (κ2) is 6.89. The van der Waals surface area contributed by atoms with E-state index in [1.165, 1.54) is 0 Å². The highest BCUT2D eigenvalue weighted by atomic mass is 35.5. The number of nitrogens with two attached hydrogens (primary N) is 1. The van der Waals surface area contributed by atoms with E-state index < -0.39 is 0 Å². The van der Waals surface area contributed by atoms with Crippen LogP contribution >= 0.6 is 24.0 Å². The van der Waals surface area contributed by atoms with E-state index in [0.29, 0.717) is 5.92 Å². The molecule has 68 valence electrons. The van der Waals surface area contributed by atoms with Gasteiger partial charge in [0, 0.05) is 0 Å². The summed E-state index contributed by atoms with van der Waals surface area (Å²) in [5, 5.41) is 0. The van der Waals surface area contributed by atoms with E-state index in [2.05, 4.69) is 0 Å². The lowest BCUT2D eigenvalue weighted by molar-refractivity contribution is -0.118. The molecule has 0 radical (unpaired) electrons. The molecule has 0 heterocycles. The van der Waals surface area contributed by atoms with E-state index in [-0.39, 0.29) is 30.1 Å². The van der Waals surface area contributed by atoms with Crippen LogP contribution in [0.3, 0.4) is 0 Å². The topological polar surface area (TPSA) is 43.1 Å². The van der Waals surface area contributed by atoms with Gasteiger partial charge >= 0.3 is 0 Å². The lowest BCUT2D eigenvalue weighted by Crippen LogP contribution is -2.32. The van der Waals surface area contributed by atoms with Gasteiger partial charge in [-0.2, -0.15) is 0 Å². The molecule has 11 heavy (non-hydrogen) atoms. The summed E-state index contributed by atoms with van der Waals surface area (Å²) in [6.07, 6.45) is 0.728. The van der Waals surface area contributed by atoms with Crippen LogP contribution in [-0.2, 0) is 4.79 Å². The van der Waals surface area contributed by atoms with E-state index in [9.17, 15) is 4.79 Å². The fourth-order valence-electron chi connectivity index (χ4n) is 0.738. The summed E-state index contributed by atoms with van der Waals surface area (Å²) in [5.74, 6) is 0.436. The summed E-state index contributed by atoms with van der Waals surface area (Å²) in [5.41, 5.74) is 5.49. The molecular formula is C7H15Cl2NO. The Morgan fingerprint density at radius 1 is 1.55 bits per heavy atom. The van der Waals surface area contributed by atoms with E-state index in [4.69, 9.17) is 17.3 Å². The third kappa shape index (κ3) is 6.60. The molecule has 0 saturated carbocycles. The Kier molecular flexibility index (Phi) is 8.63. The Bertz CT molecular complexity index is 117. The fraction of sp³-hybridized carbons (Fsp3) is 0.857. The monoisotopic (exact) mass is 199 g/mol. The molecule has 0 aliphatic heterocycles. The van der Waals surface area contributed by atoms with Gasteiger partial charge in [-0.3, -0.25) is 4.79 Å². The molecule has 0 fully saturated rings. The van der Waals surface area contributed by atoms with Crippen molar-refractivity contribution in [3.63, 3.8) is 0 Å². The van der Waals surface area contributed by atoms with Gasteiger partial charge in [-0.25, -0.2) is 0 Å². The zero-order valence-corrected chi connectivity index (χ0v) is 8.41. The van der Waals surface area contributed by atoms with Crippen LogP contribution in [0.4, 0.5) is 0 Å². The zero-order chi connectivity index (χ0) is 8.15. The van der Waals surface area contributed by atoms with Crippen LogP contribution < -0.4 is 5.73 Å². The Labute approximate surface area is 78.9 Å². The van der Waals surface area contributed by atoms with Crippen molar-refractivity contribution in [3.05, 3.63) is 0 Å². The largest absolute Gasteiger partial charge is 0.321 e. The molecule has 0 spiro atoms. The molecule has 0 rings (SSSR count). The van der Waals surface area contributed by atoms with E-state index in [1.54, 1.807) is 0 Å². The van der Waals surface area contributed by atoms with Crippen LogP contribution in [0.1, 0.15) is 20.3 Å². The fourth-order valence-corrected chi connectivity index (χ4v) is 0.937. The van der Waals surface area contributed by atoms with Crippen LogP contribution in [0, 0.1) is 5.92 Å². The number of alkyl halides is 1. The molecule has 2 nitrogen and oxygen atoms in total. The summed E-state index contributed by atoms with van der Waals surface area (Å²) >= 11 is 5.30. The second-order valence-corrected chi connectivity index (χ2v) is 3.10. The zero-order valence-electron chi connectivity index (χ0n) is 6.84. The van der Waals surface area contributed by atoms with E-state index in [0.717, 1.165) is 6.42 Å². The van der Waals surface area contributed by atoms with Gasteiger partial charge in [0.25, 0.3) is 0 Å². The third-order valence-corrected chi connectivity index (χ3v) is 1.53. The Morgan fingerprint density at radius 3 is 2.27 bits per heavy atom. The molecule has 0 aromatic carbocycles. The minimum Gasteiger partial charge on any atom is -0.321 e. The number of hydrogen-bond acceptors (Lipinski definition) is 2. The highest BCUT2D eigenvalue weighted by Crippen LogP contribution is 2.03. The van der Waals surface area contributed by atoms with Crippen LogP contribution in [0.15, 0.2) is 0 Å². The average molecular weight is 200 g/mol. The molecule has 0 aliphatic rings. The van der Waals surface area contributed by atoms with Crippen LogP contribution in [-0.4, -0.2) is 17.7 Å². The minimum atomic E-state index is -0.363. The number of carbonyl (C=O) groups excluding carboxylic acids is 1. The van der Waals surface area contributed by atoms with Crippen molar-refractivity contribution >= 4 is 29.8 Å². The summed E-state index contributed by atoms with van der Waals surface area (Å²) in [7, 11) is 0. The van der Waals surface area contributed by atoms with Crippen molar-refractivity contribution in [2.75, 3.05) is 5.88 Å². The first kappa shape index (κ1) is 13.8. The van der Waals surface area contributed by atoms with E-state index >= 15 is 0 Å². The van der Waals surface area contributed by atoms with Gasteiger partial charge in [-0.05, 0) is 12.3 Å². The molecule has 0 aliphatic carbocycles. The van der Waals surface area contributed by atoms with Crippen LogP contribution in [0.5, 0.6) is 0 Å². The molecule has 0 bridgehead atoms. The minimum absolute atomic E-state index is 0. The first-order valence-corrected chi connectivity index (χ1v) is 3.95. The standard InChI is InChI=1S/C7H14ClNO.ClH/c1-5(2)3-6(9)7(10)4-8;/h5-6H,3-4,9H2,1-2H3;1H.